The van der Waals surface area contributed by atoms with Crippen molar-refractivity contribution in [1.82, 2.24) is 0 Å². The summed E-state index contributed by atoms with van der Waals surface area (Å²) >= 11 is 0. The van der Waals surface area contributed by atoms with E-state index in [-0.39, 0.29) is 6.04 Å². The van der Waals surface area contributed by atoms with Gasteiger partial charge in [0.25, 0.3) is 0 Å². The normalized spacial score (nSPS) is 18.0. The zero-order chi connectivity index (χ0) is 17.8. The highest BCUT2D eigenvalue weighted by Crippen LogP contribution is 2.25. The molecule has 0 aliphatic carbocycles. The second-order valence-electron chi connectivity index (χ2n) is 6.71. The van der Waals surface area contributed by atoms with Crippen LogP contribution in [0.3, 0.4) is 0 Å². The number of aliphatic hydroxyl groups excluding tert-OH is 1. The maximum atomic E-state index is 10.6. The van der Waals surface area contributed by atoms with Gasteiger partial charge in [0.05, 0.1) is 19.3 Å². The topological polar surface area (TPSA) is 51.0 Å². The third kappa shape index (κ3) is 4.02. The van der Waals surface area contributed by atoms with Crippen LogP contribution in [-0.4, -0.2) is 30.8 Å². The molecule has 3 rings (SSSR count). The third-order valence-electron chi connectivity index (χ3n) is 4.61. The lowest BCUT2D eigenvalue weighted by Crippen LogP contribution is -2.13. The lowest BCUT2D eigenvalue weighted by Gasteiger charge is -2.14. The highest BCUT2D eigenvalue weighted by Gasteiger charge is 2.24. The average molecular weight is 339 g/mol. The third-order valence-corrected chi connectivity index (χ3v) is 4.61. The molecule has 0 radical (unpaired) electrons. The SMILES string of the molecule is COc1ccc(C(O)Cc2ccccc2C2=N[C@@H](C(C)C)CO2)cc1. The fourth-order valence-corrected chi connectivity index (χ4v) is 2.94. The summed E-state index contributed by atoms with van der Waals surface area (Å²) in [4.78, 5) is 4.72. The van der Waals surface area contributed by atoms with Crippen LogP contribution in [-0.2, 0) is 11.2 Å². The zero-order valence-electron chi connectivity index (χ0n) is 15.0. The van der Waals surface area contributed by atoms with Crippen molar-refractivity contribution in [3.8, 4) is 5.75 Å². The lowest BCUT2D eigenvalue weighted by atomic mass is 9.97. The van der Waals surface area contributed by atoms with Gasteiger partial charge in [-0.3, -0.25) is 0 Å². The number of aliphatic imine (C=N–C) groups is 1. The van der Waals surface area contributed by atoms with E-state index in [4.69, 9.17) is 14.5 Å². The quantitative estimate of drug-likeness (QED) is 0.871. The first-order valence-corrected chi connectivity index (χ1v) is 8.69. The van der Waals surface area contributed by atoms with Gasteiger partial charge in [-0.15, -0.1) is 0 Å². The van der Waals surface area contributed by atoms with Crippen LogP contribution >= 0.6 is 0 Å². The maximum Gasteiger partial charge on any atom is 0.216 e. The minimum absolute atomic E-state index is 0.203. The van der Waals surface area contributed by atoms with Gasteiger partial charge >= 0.3 is 0 Å². The number of rotatable bonds is 6. The van der Waals surface area contributed by atoms with Gasteiger partial charge in [-0.05, 0) is 35.2 Å². The van der Waals surface area contributed by atoms with E-state index in [0.717, 1.165) is 22.4 Å². The zero-order valence-corrected chi connectivity index (χ0v) is 15.0. The van der Waals surface area contributed by atoms with Crippen molar-refractivity contribution >= 4 is 5.90 Å². The molecule has 1 aliphatic rings. The number of hydrogen-bond donors (Lipinski definition) is 1. The van der Waals surface area contributed by atoms with Gasteiger partial charge in [0.15, 0.2) is 0 Å². The monoisotopic (exact) mass is 339 g/mol. The summed E-state index contributed by atoms with van der Waals surface area (Å²) < 4.78 is 11.0. The van der Waals surface area contributed by atoms with Gasteiger partial charge < -0.3 is 14.6 Å². The van der Waals surface area contributed by atoms with Crippen LogP contribution < -0.4 is 4.74 Å². The minimum atomic E-state index is -0.588. The van der Waals surface area contributed by atoms with Crippen LogP contribution in [0.1, 0.15) is 36.6 Å². The standard InChI is InChI=1S/C21H25NO3/c1-14(2)19-13-25-21(22-19)18-7-5-4-6-16(18)12-20(23)15-8-10-17(24-3)11-9-15/h4-11,14,19-20,23H,12-13H2,1-3H3/t19-,20?/m1/s1. The Labute approximate surface area is 149 Å². The smallest absolute Gasteiger partial charge is 0.216 e. The number of ether oxygens (including phenoxy) is 2. The minimum Gasteiger partial charge on any atom is -0.497 e. The number of nitrogens with zero attached hydrogens (tertiary/aromatic N) is 1. The van der Waals surface area contributed by atoms with Crippen molar-refractivity contribution in [3.05, 3.63) is 65.2 Å². The van der Waals surface area contributed by atoms with Crippen molar-refractivity contribution < 1.29 is 14.6 Å². The fourth-order valence-electron chi connectivity index (χ4n) is 2.94. The summed E-state index contributed by atoms with van der Waals surface area (Å²) in [6.45, 7) is 4.93. The van der Waals surface area contributed by atoms with Crippen LogP contribution in [0, 0.1) is 5.92 Å². The van der Waals surface area contributed by atoms with Crippen LogP contribution in [0.15, 0.2) is 53.5 Å². The summed E-state index contributed by atoms with van der Waals surface area (Å²) in [6, 6.07) is 15.7. The Morgan fingerprint density at radius 3 is 2.52 bits per heavy atom. The molecule has 1 N–H and O–H groups in total. The molecule has 1 unspecified atom stereocenters. The molecule has 4 nitrogen and oxygen atoms in total. The summed E-state index contributed by atoms with van der Waals surface area (Å²) in [6.07, 6.45) is -0.0769. The van der Waals surface area contributed by atoms with E-state index < -0.39 is 6.10 Å². The average Bonchev–Trinajstić information content (AvgIpc) is 3.12. The maximum absolute atomic E-state index is 10.6. The molecule has 0 spiro atoms. The second-order valence-corrected chi connectivity index (χ2v) is 6.71. The van der Waals surface area contributed by atoms with Gasteiger partial charge in [-0.2, -0.15) is 0 Å². The second kappa shape index (κ2) is 7.70. The van der Waals surface area contributed by atoms with E-state index in [9.17, 15) is 5.11 Å². The number of aliphatic hydroxyl groups is 1. The largest absolute Gasteiger partial charge is 0.497 e. The molecular weight excluding hydrogens is 314 g/mol. The first kappa shape index (κ1) is 17.5. The van der Waals surface area contributed by atoms with Gasteiger partial charge in [0, 0.05) is 12.0 Å². The molecule has 2 aromatic carbocycles. The Kier molecular flexibility index (Phi) is 5.39. The van der Waals surface area contributed by atoms with Gasteiger partial charge in [0.1, 0.15) is 12.4 Å². The molecule has 0 saturated heterocycles. The molecule has 0 saturated carbocycles. The Morgan fingerprint density at radius 2 is 1.88 bits per heavy atom. The summed E-state index contributed by atoms with van der Waals surface area (Å²) in [5, 5.41) is 10.6. The lowest BCUT2D eigenvalue weighted by molar-refractivity contribution is 0.178. The first-order valence-electron chi connectivity index (χ1n) is 8.69. The Morgan fingerprint density at radius 1 is 1.16 bits per heavy atom. The molecule has 132 valence electrons. The molecule has 0 bridgehead atoms. The first-order chi connectivity index (χ1) is 12.1. The van der Waals surface area contributed by atoms with E-state index in [2.05, 4.69) is 13.8 Å². The van der Waals surface area contributed by atoms with Crippen molar-refractivity contribution in [3.63, 3.8) is 0 Å². The summed E-state index contributed by atoms with van der Waals surface area (Å²) in [5.74, 6) is 1.93. The molecule has 1 heterocycles. The highest BCUT2D eigenvalue weighted by atomic mass is 16.5. The van der Waals surface area contributed by atoms with Crippen LogP contribution in [0.5, 0.6) is 5.75 Å². The van der Waals surface area contributed by atoms with Crippen molar-refractivity contribution in [1.29, 1.82) is 0 Å². The molecule has 25 heavy (non-hydrogen) atoms. The van der Waals surface area contributed by atoms with Gasteiger partial charge in [-0.25, -0.2) is 4.99 Å². The van der Waals surface area contributed by atoms with Crippen LogP contribution in [0.2, 0.25) is 0 Å². The van der Waals surface area contributed by atoms with Crippen LogP contribution in [0.25, 0.3) is 0 Å². The highest BCUT2D eigenvalue weighted by molar-refractivity contribution is 5.96. The van der Waals surface area contributed by atoms with E-state index in [1.165, 1.54) is 0 Å². The van der Waals surface area contributed by atoms with Gasteiger partial charge in [-0.1, -0.05) is 44.2 Å². The summed E-state index contributed by atoms with van der Waals surface area (Å²) in [7, 11) is 1.63. The Hall–Kier alpha value is -2.33. The molecule has 0 aromatic heterocycles. The Balaban J connectivity index is 1.80. The Bertz CT molecular complexity index is 737. The van der Waals surface area contributed by atoms with E-state index >= 15 is 0 Å². The van der Waals surface area contributed by atoms with E-state index in [1.807, 2.05) is 48.5 Å². The van der Waals surface area contributed by atoms with E-state index in [1.54, 1.807) is 7.11 Å². The van der Waals surface area contributed by atoms with E-state index in [0.29, 0.717) is 24.8 Å². The number of hydrogen-bond acceptors (Lipinski definition) is 4. The molecule has 2 atom stereocenters. The molecule has 0 fully saturated rings. The van der Waals surface area contributed by atoms with Crippen molar-refractivity contribution in [2.45, 2.75) is 32.4 Å². The van der Waals surface area contributed by atoms with Crippen LogP contribution in [0.4, 0.5) is 0 Å². The fraction of sp³-hybridized carbons (Fsp3) is 0.381. The predicted molar refractivity (Wildman–Crippen MR) is 99.2 cm³/mol. The van der Waals surface area contributed by atoms with Gasteiger partial charge in [0.2, 0.25) is 5.90 Å². The number of methoxy groups -OCH3 is 1. The molecule has 4 heteroatoms. The summed E-state index contributed by atoms with van der Waals surface area (Å²) in [5.41, 5.74) is 2.87. The molecule has 2 aromatic rings. The van der Waals surface area contributed by atoms with Crippen molar-refractivity contribution in [2.24, 2.45) is 10.9 Å². The molecular formula is C21H25NO3. The predicted octanol–water partition coefficient (Wildman–Crippen LogP) is 3.77. The molecule has 0 amide bonds. The van der Waals surface area contributed by atoms with Crippen molar-refractivity contribution in [2.75, 3.05) is 13.7 Å². The number of benzene rings is 2. The molecule has 1 aliphatic heterocycles.